The fourth-order valence-electron chi connectivity index (χ4n) is 3.01. The Morgan fingerprint density at radius 2 is 1.76 bits per heavy atom. The molecule has 2 heteroatoms. The third kappa shape index (κ3) is 2.58. The molecule has 0 saturated carbocycles. The maximum atomic E-state index is 12.0. The Kier molecular flexibility index (Phi) is 3.54. The molecule has 1 heterocycles. The number of amides is 1. The van der Waals surface area contributed by atoms with Crippen molar-refractivity contribution in [3.63, 3.8) is 0 Å². The maximum absolute atomic E-state index is 12.0. The van der Waals surface area contributed by atoms with E-state index in [0.717, 1.165) is 12.1 Å². The molecule has 3 rings (SSSR count). The van der Waals surface area contributed by atoms with Gasteiger partial charge >= 0.3 is 0 Å². The van der Waals surface area contributed by atoms with Crippen LogP contribution < -0.4 is 5.32 Å². The third-order valence-corrected chi connectivity index (χ3v) is 4.50. The summed E-state index contributed by atoms with van der Waals surface area (Å²) in [6, 6.07) is 13.0. The second-order valence-corrected chi connectivity index (χ2v) is 5.92. The molecular formula is C19H21NO. The maximum Gasteiger partial charge on any atom is 0.225 e. The first kappa shape index (κ1) is 13.9. The smallest absolute Gasteiger partial charge is 0.225 e. The van der Waals surface area contributed by atoms with Gasteiger partial charge in [-0.15, -0.1) is 0 Å². The van der Waals surface area contributed by atoms with Gasteiger partial charge < -0.3 is 5.32 Å². The first-order valence-corrected chi connectivity index (χ1v) is 7.58. The van der Waals surface area contributed by atoms with Crippen molar-refractivity contribution in [1.82, 2.24) is 0 Å². The molecule has 1 unspecified atom stereocenters. The molecule has 2 nitrogen and oxygen atoms in total. The first-order chi connectivity index (χ1) is 10.1. The molecule has 0 radical (unpaired) electrons. The summed E-state index contributed by atoms with van der Waals surface area (Å²) in [6.45, 7) is 6.37. The van der Waals surface area contributed by atoms with Crippen LogP contribution in [0.3, 0.4) is 0 Å². The minimum Gasteiger partial charge on any atom is -0.326 e. The highest BCUT2D eigenvalue weighted by molar-refractivity contribution is 5.95. The first-order valence-electron chi connectivity index (χ1n) is 7.58. The summed E-state index contributed by atoms with van der Waals surface area (Å²) < 4.78 is 0. The average Bonchev–Trinajstić information content (AvgIpc) is 2.48. The van der Waals surface area contributed by atoms with Crippen LogP contribution in [0.2, 0.25) is 0 Å². The summed E-state index contributed by atoms with van der Waals surface area (Å²) in [4.78, 5) is 12.0. The highest BCUT2D eigenvalue weighted by Crippen LogP contribution is 2.38. The van der Waals surface area contributed by atoms with Crippen molar-refractivity contribution in [2.75, 3.05) is 5.32 Å². The largest absolute Gasteiger partial charge is 0.326 e. The number of anilines is 1. The lowest BCUT2D eigenvalue weighted by Crippen LogP contribution is -2.23. The number of hydrogen-bond acceptors (Lipinski definition) is 1. The number of rotatable bonds is 2. The second-order valence-electron chi connectivity index (χ2n) is 5.92. The van der Waals surface area contributed by atoms with Crippen molar-refractivity contribution in [2.24, 2.45) is 0 Å². The van der Waals surface area contributed by atoms with Gasteiger partial charge in [0.25, 0.3) is 0 Å². The van der Waals surface area contributed by atoms with Crippen LogP contribution in [0.1, 0.15) is 47.1 Å². The number of aryl methyl sites for hydroxylation is 3. The quantitative estimate of drug-likeness (QED) is 0.870. The zero-order valence-corrected chi connectivity index (χ0v) is 12.9. The van der Waals surface area contributed by atoms with E-state index in [2.05, 4.69) is 62.5 Å². The second kappa shape index (κ2) is 5.36. The van der Waals surface area contributed by atoms with E-state index in [-0.39, 0.29) is 11.8 Å². The van der Waals surface area contributed by atoms with E-state index < -0.39 is 0 Å². The monoisotopic (exact) mass is 279 g/mol. The van der Waals surface area contributed by atoms with Gasteiger partial charge in [-0.1, -0.05) is 37.3 Å². The van der Waals surface area contributed by atoms with E-state index in [9.17, 15) is 4.79 Å². The molecule has 0 aliphatic carbocycles. The zero-order chi connectivity index (χ0) is 15.0. The van der Waals surface area contributed by atoms with Crippen molar-refractivity contribution < 1.29 is 4.79 Å². The van der Waals surface area contributed by atoms with E-state index in [4.69, 9.17) is 0 Å². The Morgan fingerprint density at radius 1 is 1.10 bits per heavy atom. The molecule has 0 aromatic heterocycles. The Labute approximate surface area is 126 Å². The van der Waals surface area contributed by atoms with Crippen LogP contribution in [-0.2, 0) is 11.2 Å². The van der Waals surface area contributed by atoms with Gasteiger partial charge in [0, 0.05) is 18.0 Å². The number of fused-ring (bicyclic) bond motifs is 1. The van der Waals surface area contributed by atoms with Crippen LogP contribution >= 0.6 is 0 Å². The van der Waals surface area contributed by atoms with Gasteiger partial charge in [-0.2, -0.15) is 0 Å². The van der Waals surface area contributed by atoms with E-state index >= 15 is 0 Å². The van der Waals surface area contributed by atoms with E-state index in [1.165, 1.54) is 27.8 Å². The zero-order valence-electron chi connectivity index (χ0n) is 12.9. The SMILES string of the molecule is CCc1ccc(C2CC(=O)Nc3cc(C)c(C)cc32)cc1. The summed E-state index contributed by atoms with van der Waals surface area (Å²) in [6.07, 6.45) is 1.57. The molecule has 0 saturated heterocycles. The Hall–Kier alpha value is -2.09. The Balaban J connectivity index is 2.07. The van der Waals surface area contributed by atoms with Crippen molar-refractivity contribution in [2.45, 2.75) is 39.5 Å². The van der Waals surface area contributed by atoms with Gasteiger partial charge in [0.15, 0.2) is 0 Å². The minimum absolute atomic E-state index is 0.107. The van der Waals surface area contributed by atoms with E-state index in [1.807, 2.05) is 0 Å². The van der Waals surface area contributed by atoms with Gasteiger partial charge in [-0.25, -0.2) is 0 Å². The number of nitrogens with one attached hydrogen (secondary N) is 1. The van der Waals surface area contributed by atoms with E-state index in [1.54, 1.807) is 0 Å². The number of benzene rings is 2. The average molecular weight is 279 g/mol. The third-order valence-electron chi connectivity index (χ3n) is 4.50. The Bertz CT molecular complexity index is 685. The van der Waals surface area contributed by atoms with Crippen LogP contribution in [0.25, 0.3) is 0 Å². The molecule has 0 bridgehead atoms. The molecule has 1 amide bonds. The van der Waals surface area contributed by atoms with Crippen LogP contribution in [0.4, 0.5) is 5.69 Å². The van der Waals surface area contributed by atoms with Crippen molar-refractivity contribution in [3.05, 3.63) is 64.2 Å². The minimum atomic E-state index is 0.107. The summed E-state index contributed by atoms with van der Waals surface area (Å²) in [5.74, 6) is 0.272. The summed E-state index contributed by atoms with van der Waals surface area (Å²) in [7, 11) is 0. The van der Waals surface area contributed by atoms with Crippen molar-refractivity contribution in [1.29, 1.82) is 0 Å². The fraction of sp³-hybridized carbons (Fsp3) is 0.316. The van der Waals surface area contributed by atoms with Gasteiger partial charge in [0.05, 0.1) is 0 Å². The topological polar surface area (TPSA) is 29.1 Å². The lowest BCUT2D eigenvalue weighted by molar-refractivity contribution is -0.116. The molecule has 1 aliphatic rings. The van der Waals surface area contributed by atoms with Crippen LogP contribution in [0.15, 0.2) is 36.4 Å². The Morgan fingerprint density at radius 3 is 2.43 bits per heavy atom. The fourth-order valence-corrected chi connectivity index (χ4v) is 3.01. The predicted octanol–water partition coefficient (Wildman–Crippen LogP) is 4.34. The highest BCUT2D eigenvalue weighted by Gasteiger charge is 2.26. The number of hydrogen-bond donors (Lipinski definition) is 1. The van der Waals surface area contributed by atoms with Crippen LogP contribution in [-0.4, -0.2) is 5.91 Å². The van der Waals surface area contributed by atoms with Gasteiger partial charge in [0.2, 0.25) is 5.91 Å². The summed E-state index contributed by atoms with van der Waals surface area (Å²) >= 11 is 0. The summed E-state index contributed by atoms with van der Waals surface area (Å²) in [5, 5.41) is 3.01. The lowest BCUT2D eigenvalue weighted by Gasteiger charge is -2.27. The molecular weight excluding hydrogens is 258 g/mol. The standard InChI is InChI=1S/C19H21NO/c1-4-14-5-7-15(8-6-14)16-11-19(21)20-18-10-13(3)12(2)9-17(16)18/h5-10,16H,4,11H2,1-3H3,(H,20,21). The highest BCUT2D eigenvalue weighted by atomic mass is 16.1. The van der Waals surface area contributed by atoms with Crippen LogP contribution in [0.5, 0.6) is 0 Å². The van der Waals surface area contributed by atoms with Gasteiger partial charge in [-0.05, 0) is 54.2 Å². The molecule has 21 heavy (non-hydrogen) atoms. The van der Waals surface area contributed by atoms with Gasteiger partial charge in [0.1, 0.15) is 0 Å². The molecule has 1 atom stereocenters. The summed E-state index contributed by atoms with van der Waals surface area (Å²) in [5.41, 5.74) is 7.27. The molecule has 1 N–H and O–H groups in total. The number of carbonyl (C=O) groups excluding carboxylic acids is 1. The predicted molar refractivity (Wildman–Crippen MR) is 86.8 cm³/mol. The van der Waals surface area contributed by atoms with Gasteiger partial charge in [-0.3, -0.25) is 4.79 Å². The molecule has 2 aromatic rings. The lowest BCUT2D eigenvalue weighted by atomic mass is 9.83. The molecule has 108 valence electrons. The molecule has 0 fully saturated rings. The van der Waals surface area contributed by atoms with E-state index in [0.29, 0.717) is 6.42 Å². The molecule has 0 spiro atoms. The number of carbonyl (C=O) groups is 1. The molecule has 2 aromatic carbocycles. The van der Waals surface area contributed by atoms with Crippen molar-refractivity contribution >= 4 is 11.6 Å². The molecule has 1 aliphatic heterocycles. The normalized spacial score (nSPS) is 17.3. The van der Waals surface area contributed by atoms with Crippen molar-refractivity contribution in [3.8, 4) is 0 Å². The van der Waals surface area contributed by atoms with Crippen LogP contribution in [0, 0.1) is 13.8 Å².